The van der Waals surface area contributed by atoms with Crippen LogP contribution in [0.5, 0.6) is 0 Å². The summed E-state index contributed by atoms with van der Waals surface area (Å²) in [6, 6.07) is 1.39. The van der Waals surface area contributed by atoms with E-state index in [4.69, 9.17) is 10.4 Å². The van der Waals surface area contributed by atoms with E-state index >= 15 is 0 Å². The quantitative estimate of drug-likeness (QED) is 0.419. The first-order valence-electron chi connectivity index (χ1n) is 2.36. The molecule has 50 valence electrons. The Morgan fingerprint density at radius 3 is 2.20 bits per heavy atom. The zero-order chi connectivity index (χ0) is 7.72. The van der Waals surface area contributed by atoms with Crippen LogP contribution in [-0.4, -0.2) is 16.9 Å². The van der Waals surface area contributed by atoms with Crippen LogP contribution < -0.4 is 5.32 Å². The molecule has 2 N–H and O–H groups in total. The number of nitriles is 1. The number of imide groups is 1. The van der Waals surface area contributed by atoms with Gasteiger partial charge < -0.3 is 5.11 Å². The number of carbonyl (C=O) groups is 2. The van der Waals surface area contributed by atoms with Gasteiger partial charge in [0.1, 0.15) is 6.07 Å². The van der Waals surface area contributed by atoms with Crippen molar-refractivity contribution in [2.24, 2.45) is 0 Å². The van der Waals surface area contributed by atoms with Crippen LogP contribution in [0.25, 0.3) is 0 Å². The molecule has 1 aliphatic rings. The summed E-state index contributed by atoms with van der Waals surface area (Å²) in [4.78, 5) is 20.8. The first kappa shape index (κ1) is 6.29. The lowest BCUT2D eigenvalue weighted by molar-refractivity contribution is -0.125. The summed E-state index contributed by atoms with van der Waals surface area (Å²) in [5.74, 6) is -2.56. The molecular weight excluding hydrogens is 136 g/mol. The third kappa shape index (κ3) is 0.631. The number of carbonyl (C=O) groups excluding carboxylic acids is 2. The molecular formula is C5H2N2O3. The normalized spacial score (nSPS) is 17.1. The summed E-state index contributed by atoms with van der Waals surface area (Å²) in [6.45, 7) is 0. The molecule has 0 spiro atoms. The average molecular weight is 138 g/mol. The van der Waals surface area contributed by atoms with Gasteiger partial charge in [-0.05, 0) is 0 Å². The Balaban J connectivity index is 3.17. The van der Waals surface area contributed by atoms with Gasteiger partial charge in [-0.25, -0.2) is 0 Å². The molecule has 0 aliphatic carbocycles. The van der Waals surface area contributed by atoms with E-state index in [2.05, 4.69) is 0 Å². The second kappa shape index (κ2) is 1.84. The molecule has 2 amide bonds. The molecule has 0 aromatic heterocycles. The molecule has 0 saturated heterocycles. The van der Waals surface area contributed by atoms with Crippen LogP contribution in [0.3, 0.4) is 0 Å². The van der Waals surface area contributed by atoms with E-state index in [-0.39, 0.29) is 0 Å². The summed E-state index contributed by atoms with van der Waals surface area (Å²) in [5.41, 5.74) is -0.523. The van der Waals surface area contributed by atoms with Gasteiger partial charge in [0.05, 0.1) is 0 Å². The Bertz CT molecular complexity index is 284. The van der Waals surface area contributed by atoms with Crippen LogP contribution >= 0.6 is 0 Å². The summed E-state index contributed by atoms with van der Waals surface area (Å²) >= 11 is 0. The molecule has 0 fully saturated rings. The molecule has 0 radical (unpaired) electrons. The summed E-state index contributed by atoms with van der Waals surface area (Å²) < 4.78 is 0. The van der Waals surface area contributed by atoms with Crippen LogP contribution in [0.15, 0.2) is 11.3 Å². The second-order valence-electron chi connectivity index (χ2n) is 1.62. The maximum atomic E-state index is 10.5. The predicted molar refractivity (Wildman–Crippen MR) is 28.4 cm³/mol. The molecule has 1 rings (SSSR count). The Morgan fingerprint density at radius 1 is 1.40 bits per heavy atom. The largest absolute Gasteiger partial charge is 0.502 e. The van der Waals surface area contributed by atoms with Crippen molar-refractivity contribution in [2.75, 3.05) is 0 Å². The fourth-order valence-corrected chi connectivity index (χ4v) is 0.550. The summed E-state index contributed by atoms with van der Waals surface area (Å²) in [5, 5.41) is 18.5. The van der Waals surface area contributed by atoms with E-state index in [0.29, 0.717) is 0 Å². The van der Waals surface area contributed by atoms with Gasteiger partial charge in [-0.1, -0.05) is 0 Å². The lowest BCUT2D eigenvalue weighted by atomic mass is 10.3. The Hall–Kier alpha value is -1.83. The monoisotopic (exact) mass is 138 g/mol. The highest BCUT2D eigenvalue weighted by molar-refractivity contribution is 6.20. The maximum absolute atomic E-state index is 10.5. The Kier molecular flexibility index (Phi) is 1.16. The van der Waals surface area contributed by atoms with E-state index in [1.54, 1.807) is 5.32 Å². The molecule has 0 unspecified atom stereocenters. The lowest BCUT2D eigenvalue weighted by Gasteiger charge is -1.83. The van der Waals surface area contributed by atoms with E-state index in [1.165, 1.54) is 6.07 Å². The van der Waals surface area contributed by atoms with Gasteiger partial charge in [0, 0.05) is 0 Å². The van der Waals surface area contributed by atoms with Crippen LogP contribution in [0.4, 0.5) is 0 Å². The molecule has 10 heavy (non-hydrogen) atoms. The summed E-state index contributed by atoms with van der Waals surface area (Å²) in [6.07, 6.45) is 0. The van der Waals surface area contributed by atoms with Crippen molar-refractivity contribution in [2.45, 2.75) is 0 Å². The van der Waals surface area contributed by atoms with Crippen molar-refractivity contribution in [3.8, 4) is 6.07 Å². The molecule has 1 aliphatic heterocycles. The zero-order valence-electron chi connectivity index (χ0n) is 4.71. The number of aliphatic hydroxyl groups excluding tert-OH is 1. The topological polar surface area (TPSA) is 90.2 Å². The van der Waals surface area contributed by atoms with Gasteiger partial charge in [-0.3, -0.25) is 14.9 Å². The minimum absolute atomic E-state index is 0.523. The van der Waals surface area contributed by atoms with Gasteiger partial charge >= 0.3 is 0 Å². The molecule has 1 heterocycles. The van der Waals surface area contributed by atoms with Crippen molar-refractivity contribution in [1.82, 2.24) is 5.32 Å². The first-order valence-corrected chi connectivity index (χ1v) is 2.36. The Labute approximate surface area is 55.6 Å². The SMILES string of the molecule is N#CC1=C(O)C(=O)NC1=O. The Morgan fingerprint density at radius 2 is 2.00 bits per heavy atom. The van der Waals surface area contributed by atoms with Gasteiger partial charge in [-0.2, -0.15) is 5.26 Å². The van der Waals surface area contributed by atoms with E-state index in [1.807, 2.05) is 0 Å². The van der Waals surface area contributed by atoms with Crippen LogP contribution in [0.2, 0.25) is 0 Å². The standard InChI is InChI=1S/C5H2N2O3/c6-1-2-3(8)5(10)7-4(2)9/h(H2,7,8,9,10). The zero-order valence-corrected chi connectivity index (χ0v) is 4.71. The third-order valence-corrected chi connectivity index (χ3v) is 1.02. The van der Waals surface area contributed by atoms with E-state index < -0.39 is 23.1 Å². The smallest absolute Gasteiger partial charge is 0.294 e. The van der Waals surface area contributed by atoms with E-state index in [9.17, 15) is 9.59 Å². The fourth-order valence-electron chi connectivity index (χ4n) is 0.550. The highest BCUT2D eigenvalue weighted by atomic mass is 16.3. The van der Waals surface area contributed by atoms with Crippen molar-refractivity contribution < 1.29 is 14.7 Å². The van der Waals surface area contributed by atoms with Gasteiger partial charge in [-0.15, -0.1) is 0 Å². The number of hydrogen-bond donors (Lipinski definition) is 2. The molecule has 0 bridgehead atoms. The number of aliphatic hydroxyl groups is 1. The van der Waals surface area contributed by atoms with Gasteiger partial charge in [0.2, 0.25) is 5.76 Å². The maximum Gasteiger partial charge on any atom is 0.294 e. The van der Waals surface area contributed by atoms with Crippen LogP contribution in [0.1, 0.15) is 0 Å². The number of hydrogen-bond acceptors (Lipinski definition) is 4. The first-order chi connectivity index (χ1) is 4.66. The minimum atomic E-state index is -0.915. The lowest BCUT2D eigenvalue weighted by Crippen LogP contribution is -2.22. The molecule has 0 aromatic carbocycles. The molecule has 5 heteroatoms. The van der Waals surface area contributed by atoms with Gasteiger partial charge in [0.15, 0.2) is 5.57 Å². The number of rotatable bonds is 0. The number of nitrogens with zero attached hydrogens (tertiary/aromatic N) is 1. The molecule has 0 saturated carbocycles. The highest BCUT2D eigenvalue weighted by Crippen LogP contribution is 2.06. The fraction of sp³-hybridized carbons (Fsp3) is 0. The predicted octanol–water partition coefficient (Wildman–Crippen LogP) is -1.02. The minimum Gasteiger partial charge on any atom is -0.502 e. The number of amides is 2. The average Bonchev–Trinajstić information content (AvgIpc) is 2.09. The molecule has 0 aromatic rings. The second-order valence-corrected chi connectivity index (χ2v) is 1.62. The summed E-state index contributed by atoms with van der Waals surface area (Å²) in [7, 11) is 0. The van der Waals surface area contributed by atoms with Crippen molar-refractivity contribution >= 4 is 11.8 Å². The van der Waals surface area contributed by atoms with Gasteiger partial charge in [0.25, 0.3) is 11.8 Å². The van der Waals surface area contributed by atoms with E-state index in [0.717, 1.165) is 0 Å². The highest BCUT2D eigenvalue weighted by Gasteiger charge is 2.29. The molecule has 0 atom stereocenters. The van der Waals surface area contributed by atoms with Crippen LogP contribution in [0, 0.1) is 11.3 Å². The third-order valence-electron chi connectivity index (χ3n) is 1.02. The van der Waals surface area contributed by atoms with Crippen molar-refractivity contribution in [3.63, 3.8) is 0 Å². The number of nitrogens with one attached hydrogen (secondary N) is 1. The van der Waals surface area contributed by atoms with Crippen molar-refractivity contribution in [3.05, 3.63) is 11.3 Å². The van der Waals surface area contributed by atoms with Crippen LogP contribution in [-0.2, 0) is 9.59 Å². The van der Waals surface area contributed by atoms with Crippen molar-refractivity contribution in [1.29, 1.82) is 5.26 Å². The molecule has 5 nitrogen and oxygen atoms in total.